The van der Waals surface area contributed by atoms with Gasteiger partial charge in [-0.05, 0) is 24.6 Å². The van der Waals surface area contributed by atoms with Crippen LogP contribution in [0, 0.1) is 11.3 Å². The van der Waals surface area contributed by atoms with Crippen LogP contribution >= 0.6 is 0 Å². The second-order valence-electron chi connectivity index (χ2n) is 7.39. The van der Waals surface area contributed by atoms with Crippen LogP contribution in [0.25, 0.3) is 0 Å². The molecule has 1 aliphatic rings. The van der Waals surface area contributed by atoms with Crippen molar-refractivity contribution in [3.05, 3.63) is 53.3 Å². The maximum atomic E-state index is 13.5. The van der Waals surface area contributed by atoms with Gasteiger partial charge in [0.25, 0.3) is 17.7 Å². The summed E-state index contributed by atoms with van der Waals surface area (Å²) in [6, 6.07) is 7.43. The number of alkyl halides is 2. The van der Waals surface area contributed by atoms with Gasteiger partial charge in [0.05, 0.1) is 37.5 Å². The van der Waals surface area contributed by atoms with Gasteiger partial charge in [0.15, 0.2) is 0 Å². The maximum Gasteiger partial charge on any atom is 0.268 e. The Bertz CT molecular complexity index is 1040. The SMILES string of the molecule is CCNC(=O)c1ccc(Cn2cc(C(=O)NCC(=O)N3CC(F)(F)C[C@H]3C#N)cn2)cc1. The van der Waals surface area contributed by atoms with E-state index in [-0.39, 0.29) is 11.5 Å². The molecule has 2 aromatic rings. The molecule has 32 heavy (non-hydrogen) atoms. The molecule has 1 aliphatic heterocycles. The highest BCUT2D eigenvalue weighted by Crippen LogP contribution is 2.31. The smallest absolute Gasteiger partial charge is 0.268 e. The molecule has 168 valence electrons. The molecule has 1 saturated heterocycles. The Labute approximate surface area is 183 Å². The summed E-state index contributed by atoms with van der Waals surface area (Å²) in [5.74, 6) is -4.61. The summed E-state index contributed by atoms with van der Waals surface area (Å²) in [6.45, 7) is 1.39. The van der Waals surface area contributed by atoms with E-state index in [9.17, 15) is 23.2 Å². The molecule has 0 saturated carbocycles. The fourth-order valence-corrected chi connectivity index (χ4v) is 3.33. The standard InChI is InChI=1S/C21H22F2N6O3/c1-2-25-19(31)15-5-3-14(4-6-15)11-28-12-16(9-27-28)20(32)26-10-18(30)29-13-21(22,23)7-17(29)8-24/h3-6,9,12,17H,2,7,10-11,13H2,1H3,(H,25,31)(H,26,32)/t17-/m0/s1. The van der Waals surface area contributed by atoms with E-state index >= 15 is 0 Å². The van der Waals surface area contributed by atoms with Crippen molar-refractivity contribution >= 4 is 17.7 Å². The quantitative estimate of drug-likeness (QED) is 0.664. The molecule has 1 fully saturated rings. The Morgan fingerprint density at radius 3 is 2.53 bits per heavy atom. The molecule has 0 aliphatic carbocycles. The molecule has 11 heteroatoms. The summed E-state index contributed by atoms with van der Waals surface area (Å²) in [6.07, 6.45) is 2.10. The van der Waals surface area contributed by atoms with Gasteiger partial charge in [0.2, 0.25) is 5.91 Å². The third kappa shape index (κ3) is 5.46. The zero-order chi connectivity index (χ0) is 23.3. The Morgan fingerprint density at radius 1 is 1.19 bits per heavy atom. The molecule has 2 heterocycles. The van der Waals surface area contributed by atoms with Gasteiger partial charge >= 0.3 is 0 Å². The van der Waals surface area contributed by atoms with Crippen LogP contribution < -0.4 is 10.6 Å². The molecule has 0 bridgehead atoms. The second-order valence-corrected chi connectivity index (χ2v) is 7.39. The van der Waals surface area contributed by atoms with Crippen LogP contribution in [-0.4, -0.2) is 64.0 Å². The lowest BCUT2D eigenvalue weighted by Crippen LogP contribution is -2.42. The minimum absolute atomic E-state index is 0.162. The van der Waals surface area contributed by atoms with Crippen molar-refractivity contribution in [2.75, 3.05) is 19.6 Å². The van der Waals surface area contributed by atoms with Gasteiger partial charge in [0, 0.05) is 24.7 Å². The Balaban J connectivity index is 1.54. The number of nitrogens with zero attached hydrogens (tertiary/aromatic N) is 4. The van der Waals surface area contributed by atoms with Gasteiger partial charge in [-0.3, -0.25) is 19.1 Å². The number of rotatable bonds is 7. The fourth-order valence-electron chi connectivity index (χ4n) is 3.33. The van der Waals surface area contributed by atoms with E-state index in [1.165, 1.54) is 17.1 Å². The van der Waals surface area contributed by atoms with E-state index in [2.05, 4.69) is 15.7 Å². The first-order valence-corrected chi connectivity index (χ1v) is 9.97. The average Bonchev–Trinajstić information content (AvgIpc) is 3.36. The molecular formula is C21H22F2N6O3. The van der Waals surface area contributed by atoms with Crippen LogP contribution in [0.1, 0.15) is 39.6 Å². The number of amides is 3. The summed E-state index contributed by atoms with van der Waals surface area (Å²) in [4.78, 5) is 37.1. The molecule has 0 unspecified atom stereocenters. The average molecular weight is 444 g/mol. The molecule has 2 N–H and O–H groups in total. The van der Waals surface area contributed by atoms with Gasteiger partial charge in [-0.1, -0.05) is 12.1 Å². The molecule has 3 amide bonds. The number of nitrogens with one attached hydrogen (secondary N) is 2. The van der Waals surface area contributed by atoms with Crippen molar-refractivity contribution in [3.63, 3.8) is 0 Å². The maximum absolute atomic E-state index is 13.5. The summed E-state index contributed by atoms with van der Waals surface area (Å²) in [5, 5.41) is 18.2. The normalized spacial score (nSPS) is 16.9. The monoisotopic (exact) mass is 444 g/mol. The van der Waals surface area contributed by atoms with E-state index in [0.29, 0.717) is 18.7 Å². The first-order valence-electron chi connectivity index (χ1n) is 9.97. The van der Waals surface area contributed by atoms with Crippen LogP contribution in [0.3, 0.4) is 0 Å². The Kier molecular flexibility index (Phi) is 6.82. The van der Waals surface area contributed by atoms with Crippen molar-refractivity contribution in [1.82, 2.24) is 25.3 Å². The van der Waals surface area contributed by atoms with Gasteiger partial charge in [-0.15, -0.1) is 0 Å². The van der Waals surface area contributed by atoms with Gasteiger partial charge in [-0.25, -0.2) is 8.78 Å². The van der Waals surface area contributed by atoms with Gasteiger partial charge in [-0.2, -0.15) is 10.4 Å². The molecule has 1 aromatic heterocycles. The fraction of sp³-hybridized carbons (Fsp3) is 0.381. The largest absolute Gasteiger partial charge is 0.352 e. The van der Waals surface area contributed by atoms with Crippen LogP contribution in [0.5, 0.6) is 0 Å². The number of aromatic nitrogens is 2. The van der Waals surface area contributed by atoms with Crippen molar-refractivity contribution < 1.29 is 23.2 Å². The van der Waals surface area contributed by atoms with Crippen molar-refractivity contribution in [3.8, 4) is 6.07 Å². The molecule has 1 aromatic carbocycles. The third-order valence-electron chi connectivity index (χ3n) is 4.93. The predicted molar refractivity (Wildman–Crippen MR) is 109 cm³/mol. The first-order chi connectivity index (χ1) is 15.2. The van der Waals surface area contributed by atoms with Gasteiger partial charge < -0.3 is 15.5 Å². The number of carbonyl (C=O) groups excluding carboxylic acids is 3. The van der Waals surface area contributed by atoms with E-state index in [4.69, 9.17) is 5.26 Å². The number of nitriles is 1. The number of carbonyl (C=O) groups is 3. The number of benzene rings is 1. The third-order valence-corrected chi connectivity index (χ3v) is 4.93. The Morgan fingerprint density at radius 2 is 1.88 bits per heavy atom. The first kappa shape index (κ1) is 22.9. The van der Waals surface area contributed by atoms with Crippen molar-refractivity contribution in [2.45, 2.75) is 31.9 Å². The number of likely N-dealkylation sites (tertiary alicyclic amines) is 1. The lowest BCUT2D eigenvalue weighted by atomic mass is 10.1. The molecule has 9 nitrogen and oxygen atoms in total. The zero-order valence-electron chi connectivity index (χ0n) is 17.3. The minimum Gasteiger partial charge on any atom is -0.352 e. The van der Waals surface area contributed by atoms with Crippen LogP contribution in [0.4, 0.5) is 8.78 Å². The summed E-state index contributed by atoms with van der Waals surface area (Å²) in [5.41, 5.74) is 1.59. The predicted octanol–water partition coefficient (Wildman–Crippen LogP) is 1.17. The van der Waals surface area contributed by atoms with Crippen LogP contribution in [-0.2, 0) is 11.3 Å². The van der Waals surface area contributed by atoms with Crippen molar-refractivity contribution in [1.29, 1.82) is 5.26 Å². The van der Waals surface area contributed by atoms with E-state index in [0.717, 1.165) is 10.5 Å². The minimum atomic E-state index is -3.11. The highest BCUT2D eigenvalue weighted by Gasteiger charge is 2.47. The zero-order valence-corrected chi connectivity index (χ0v) is 17.3. The van der Waals surface area contributed by atoms with Crippen molar-refractivity contribution in [2.24, 2.45) is 0 Å². The second kappa shape index (κ2) is 9.55. The molecule has 0 radical (unpaired) electrons. The lowest BCUT2D eigenvalue weighted by molar-refractivity contribution is -0.131. The molecule has 0 spiro atoms. The van der Waals surface area contributed by atoms with Gasteiger partial charge in [0.1, 0.15) is 6.04 Å². The highest BCUT2D eigenvalue weighted by atomic mass is 19.3. The number of halogens is 2. The lowest BCUT2D eigenvalue weighted by Gasteiger charge is -2.19. The number of hydrogen-bond donors (Lipinski definition) is 2. The number of hydrogen-bond acceptors (Lipinski definition) is 5. The summed E-state index contributed by atoms with van der Waals surface area (Å²) < 4.78 is 28.5. The summed E-state index contributed by atoms with van der Waals surface area (Å²) in [7, 11) is 0. The topological polar surface area (TPSA) is 120 Å². The van der Waals surface area contributed by atoms with E-state index < -0.39 is 43.3 Å². The summed E-state index contributed by atoms with van der Waals surface area (Å²) >= 11 is 0. The van der Waals surface area contributed by atoms with Crippen LogP contribution in [0.15, 0.2) is 36.7 Å². The molecule has 3 rings (SSSR count). The van der Waals surface area contributed by atoms with E-state index in [1.54, 1.807) is 30.3 Å². The highest BCUT2D eigenvalue weighted by molar-refractivity contribution is 5.96. The van der Waals surface area contributed by atoms with Crippen LogP contribution in [0.2, 0.25) is 0 Å². The van der Waals surface area contributed by atoms with E-state index in [1.807, 2.05) is 6.92 Å². The molecular weight excluding hydrogens is 422 g/mol. The Hall–Kier alpha value is -3.81. The molecule has 1 atom stereocenters.